The second-order valence-corrected chi connectivity index (χ2v) is 7.76. The number of alkyl halides is 2. The van der Waals surface area contributed by atoms with Crippen LogP contribution >= 0.6 is 23.4 Å². The van der Waals surface area contributed by atoms with Crippen molar-refractivity contribution in [3.63, 3.8) is 0 Å². The van der Waals surface area contributed by atoms with Gasteiger partial charge in [-0.05, 0) is 47.7 Å². The van der Waals surface area contributed by atoms with E-state index in [1.807, 2.05) is 0 Å². The van der Waals surface area contributed by atoms with Gasteiger partial charge in [0.2, 0.25) is 0 Å². The third kappa shape index (κ3) is 5.57. The number of nitrogens with one attached hydrogen (secondary N) is 1. The summed E-state index contributed by atoms with van der Waals surface area (Å²) in [4.78, 5) is 38.2. The molecule has 0 radical (unpaired) electrons. The van der Waals surface area contributed by atoms with Gasteiger partial charge in [-0.3, -0.25) is 19.3 Å². The average Bonchev–Trinajstić information content (AvgIpc) is 3.02. The summed E-state index contributed by atoms with van der Waals surface area (Å²) in [6.45, 7) is -2.99. The summed E-state index contributed by atoms with van der Waals surface area (Å²) < 4.78 is 34.3. The van der Waals surface area contributed by atoms with Crippen molar-refractivity contribution < 1.29 is 32.6 Å². The number of hydrogen-bond donors (Lipinski definition) is 1. The van der Waals surface area contributed by atoms with Crippen LogP contribution in [0.2, 0.25) is 5.02 Å². The highest BCUT2D eigenvalue weighted by atomic mass is 35.5. The molecule has 2 aromatic carbocycles. The fourth-order valence-electron chi connectivity index (χ4n) is 2.83. The largest absolute Gasteiger partial charge is 0.493 e. The number of ether oxygens (including phenoxy) is 2. The molecule has 7 nitrogen and oxygen atoms in total. The number of thioether (sulfide) groups is 1. The van der Waals surface area contributed by atoms with E-state index in [2.05, 4.69) is 10.1 Å². The molecule has 0 saturated carbocycles. The zero-order chi connectivity index (χ0) is 23.3. The predicted molar refractivity (Wildman–Crippen MR) is 116 cm³/mol. The van der Waals surface area contributed by atoms with Gasteiger partial charge < -0.3 is 14.8 Å². The summed E-state index contributed by atoms with van der Waals surface area (Å²) in [5, 5.41) is 2.42. The highest BCUT2D eigenvalue weighted by molar-refractivity contribution is 8.18. The second-order valence-electron chi connectivity index (χ2n) is 6.36. The molecule has 1 aliphatic heterocycles. The molecule has 0 atom stereocenters. The van der Waals surface area contributed by atoms with Crippen molar-refractivity contribution in [3.8, 4) is 11.5 Å². The van der Waals surface area contributed by atoms with E-state index >= 15 is 0 Å². The van der Waals surface area contributed by atoms with Crippen LogP contribution in [0.1, 0.15) is 15.9 Å². The summed E-state index contributed by atoms with van der Waals surface area (Å²) in [7, 11) is 1.29. The van der Waals surface area contributed by atoms with Gasteiger partial charge in [-0.25, -0.2) is 0 Å². The van der Waals surface area contributed by atoms with Crippen molar-refractivity contribution in [3.05, 3.63) is 63.5 Å². The molecule has 0 aliphatic carbocycles. The Balaban J connectivity index is 1.65. The zero-order valence-electron chi connectivity index (χ0n) is 16.6. The van der Waals surface area contributed by atoms with Gasteiger partial charge in [-0.1, -0.05) is 29.8 Å². The number of amides is 3. The van der Waals surface area contributed by atoms with E-state index < -0.39 is 23.7 Å². The molecule has 1 fully saturated rings. The van der Waals surface area contributed by atoms with Crippen LogP contribution < -0.4 is 14.8 Å². The lowest BCUT2D eigenvalue weighted by atomic mass is 10.2. The Bertz CT molecular complexity index is 1080. The minimum atomic E-state index is -3.01. The Labute approximate surface area is 191 Å². The van der Waals surface area contributed by atoms with Gasteiger partial charge in [-0.15, -0.1) is 0 Å². The lowest BCUT2D eigenvalue weighted by Gasteiger charge is -2.13. The number of carbonyl (C=O) groups excluding carboxylic acids is 3. The Kier molecular flexibility index (Phi) is 7.70. The molecule has 1 aliphatic rings. The van der Waals surface area contributed by atoms with Gasteiger partial charge in [-0.2, -0.15) is 8.78 Å². The van der Waals surface area contributed by atoms with Gasteiger partial charge in [0.05, 0.1) is 22.6 Å². The Morgan fingerprint density at radius 2 is 1.97 bits per heavy atom. The Morgan fingerprint density at radius 3 is 2.66 bits per heavy atom. The van der Waals surface area contributed by atoms with Crippen molar-refractivity contribution >= 4 is 46.5 Å². The molecule has 3 rings (SSSR count). The number of benzene rings is 2. The van der Waals surface area contributed by atoms with E-state index in [-0.39, 0.29) is 35.1 Å². The van der Waals surface area contributed by atoms with E-state index in [1.54, 1.807) is 24.3 Å². The van der Waals surface area contributed by atoms with E-state index in [0.717, 1.165) is 16.7 Å². The monoisotopic (exact) mass is 482 g/mol. The highest BCUT2D eigenvalue weighted by Crippen LogP contribution is 2.34. The minimum Gasteiger partial charge on any atom is -0.493 e. The van der Waals surface area contributed by atoms with Crippen molar-refractivity contribution in [2.45, 2.75) is 6.61 Å². The van der Waals surface area contributed by atoms with Crippen LogP contribution in [0.5, 0.6) is 11.5 Å². The van der Waals surface area contributed by atoms with Crippen LogP contribution in [-0.2, 0) is 4.79 Å². The fourth-order valence-corrected chi connectivity index (χ4v) is 3.92. The first-order chi connectivity index (χ1) is 15.3. The zero-order valence-corrected chi connectivity index (χ0v) is 18.2. The first-order valence-electron chi connectivity index (χ1n) is 9.21. The number of nitrogens with zero attached hydrogens (tertiary/aromatic N) is 1. The first-order valence-corrected chi connectivity index (χ1v) is 10.4. The van der Waals surface area contributed by atoms with Crippen molar-refractivity contribution in [1.29, 1.82) is 0 Å². The summed E-state index contributed by atoms with van der Waals surface area (Å²) in [5.74, 6) is -1.04. The maximum atomic E-state index is 12.6. The average molecular weight is 483 g/mol. The predicted octanol–water partition coefficient (Wildman–Crippen LogP) is 4.42. The third-order valence-corrected chi connectivity index (χ3v) is 5.55. The van der Waals surface area contributed by atoms with Crippen molar-refractivity contribution in [2.24, 2.45) is 0 Å². The molecule has 2 aromatic rings. The molecule has 11 heteroatoms. The van der Waals surface area contributed by atoms with Gasteiger partial charge in [0.1, 0.15) is 0 Å². The third-order valence-electron chi connectivity index (χ3n) is 4.31. The number of halogens is 3. The minimum absolute atomic E-state index is 0.0251. The number of hydrogen-bond acceptors (Lipinski definition) is 6. The van der Waals surface area contributed by atoms with E-state index in [0.29, 0.717) is 10.6 Å². The molecule has 32 heavy (non-hydrogen) atoms. The van der Waals surface area contributed by atoms with Crippen LogP contribution in [0.3, 0.4) is 0 Å². The van der Waals surface area contributed by atoms with E-state index in [1.165, 1.54) is 31.4 Å². The smallest absolute Gasteiger partial charge is 0.387 e. The van der Waals surface area contributed by atoms with Crippen LogP contribution in [0.15, 0.2) is 47.4 Å². The molecule has 0 aromatic heterocycles. The molecular formula is C21H17ClF2N2O5S. The number of carbonyl (C=O) groups is 3. The second kappa shape index (κ2) is 10.5. The maximum absolute atomic E-state index is 12.6. The van der Waals surface area contributed by atoms with Crippen LogP contribution in [0, 0.1) is 0 Å². The van der Waals surface area contributed by atoms with E-state index in [4.69, 9.17) is 16.3 Å². The van der Waals surface area contributed by atoms with Gasteiger partial charge >= 0.3 is 6.61 Å². The first kappa shape index (κ1) is 23.6. The molecule has 1 N–H and O–H groups in total. The van der Waals surface area contributed by atoms with E-state index in [9.17, 15) is 23.2 Å². The summed E-state index contributed by atoms with van der Waals surface area (Å²) in [6, 6.07) is 10.7. The number of rotatable bonds is 8. The molecule has 0 unspecified atom stereocenters. The summed E-state index contributed by atoms with van der Waals surface area (Å²) >= 11 is 6.71. The topological polar surface area (TPSA) is 84.9 Å². The van der Waals surface area contributed by atoms with Crippen LogP contribution in [-0.4, -0.2) is 48.8 Å². The number of methoxy groups -OCH3 is 1. The van der Waals surface area contributed by atoms with Gasteiger partial charge in [0.15, 0.2) is 11.5 Å². The van der Waals surface area contributed by atoms with Crippen LogP contribution in [0.4, 0.5) is 13.6 Å². The molecule has 3 amide bonds. The lowest BCUT2D eigenvalue weighted by molar-refractivity contribution is -0.122. The molecule has 1 heterocycles. The van der Waals surface area contributed by atoms with Gasteiger partial charge in [0, 0.05) is 13.1 Å². The standard InChI is InChI=1S/C21H17ClF2N2O5S/c1-30-16-10-12(6-7-15(16)31-20(23)24)11-17-19(28)26(21(29)32-17)9-8-25-18(27)13-4-2-3-5-14(13)22/h2-7,10-11,20H,8-9H2,1H3,(H,25,27)/b17-11-. The van der Waals surface area contributed by atoms with Crippen LogP contribution in [0.25, 0.3) is 6.08 Å². The molecule has 1 saturated heterocycles. The molecule has 0 spiro atoms. The SMILES string of the molecule is COc1cc(/C=C2\SC(=O)N(CCNC(=O)c3ccccc3Cl)C2=O)ccc1OC(F)F. The highest BCUT2D eigenvalue weighted by Gasteiger charge is 2.34. The molecule has 168 valence electrons. The molecular weight excluding hydrogens is 466 g/mol. The quantitative estimate of drug-likeness (QED) is 0.561. The Hall–Kier alpha value is -3.11. The summed E-state index contributed by atoms with van der Waals surface area (Å²) in [5.41, 5.74) is 0.748. The molecule has 0 bridgehead atoms. The number of imide groups is 1. The van der Waals surface area contributed by atoms with Crippen molar-refractivity contribution in [1.82, 2.24) is 10.2 Å². The normalized spacial score (nSPS) is 14.9. The maximum Gasteiger partial charge on any atom is 0.387 e. The van der Waals surface area contributed by atoms with Gasteiger partial charge in [0.25, 0.3) is 17.1 Å². The van der Waals surface area contributed by atoms with Crippen molar-refractivity contribution in [2.75, 3.05) is 20.2 Å². The Morgan fingerprint density at radius 1 is 1.22 bits per heavy atom. The summed E-state index contributed by atoms with van der Waals surface area (Å²) in [6.07, 6.45) is 1.45. The lowest BCUT2D eigenvalue weighted by Crippen LogP contribution is -2.37. The fraction of sp³-hybridized carbons (Fsp3) is 0.190.